The number of fused-ring (bicyclic) bond motifs is 1. The number of carbonyl (C=O) groups is 1. The summed E-state index contributed by atoms with van der Waals surface area (Å²) >= 11 is 0. The zero-order chi connectivity index (χ0) is 13.8. The minimum absolute atomic E-state index is 0.00102. The van der Waals surface area contributed by atoms with Gasteiger partial charge in [0.1, 0.15) is 0 Å². The van der Waals surface area contributed by atoms with Gasteiger partial charge >= 0.3 is 0 Å². The highest BCUT2D eigenvalue weighted by Crippen LogP contribution is 2.32. The maximum Gasteiger partial charge on any atom is 0.253 e. The van der Waals surface area contributed by atoms with E-state index in [-0.39, 0.29) is 18.6 Å². The van der Waals surface area contributed by atoms with Crippen LogP contribution >= 0.6 is 0 Å². The number of nitrogens with two attached hydrogens (primary N) is 1. The Morgan fingerprint density at radius 1 is 1.42 bits per heavy atom. The lowest BCUT2D eigenvalue weighted by Crippen LogP contribution is -2.36. The van der Waals surface area contributed by atoms with Crippen LogP contribution in [0.2, 0.25) is 0 Å². The fourth-order valence-corrected chi connectivity index (χ4v) is 2.02. The van der Waals surface area contributed by atoms with Crippen LogP contribution in [0.1, 0.15) is 24.2 Å². The van der Waals surface area contributed by atoms with E-state index in [4.69, 9.17) is 15.2 Å². The number of hydrogen-bond donors (Lipinski definition) is 1. The van der Waals surface area contributed by atoms with Gasteiger partial charge < -0.3 is 20.1 Å². The summed E-state index contributed by atoms with van der Waals surface area (Å²) in [5, 5.41) is 0. The molecule has 5 nitrogen and oxygen atoms in total. The average Bonchev–Trinajstić information content (AvgIpc) is 2.90. The molecule has 104 valence electrons. The van der Waals surface area contributed by atoms with Gasteiger partial charge in [-0.05, 0) is 37.6 Å². The molecule has 1 amide bonds. The second kappa shape index (κ2) is 5.93. The minimum Gasteiger partial charge on any atom is -0.454 e. The Labute approximate surface area is 113 Å². The Hall–Kier alpha value is -1.75. The van der Waals surface area contributed by atoms with Gasteiger partial charge in [0.15, 0.2) is 11.5 Å². The van der Waals surface area contributed by atoms with E-state index in [0.29, 0.717) is 36.7 Å². The normalized spacial score (nSPS) is 14.3. The second-order valence-electron chi connectivity index (χ2n) is 4.75. The highest BCUT2D eigenvalue weighted by atomic mass is 16.7. The number of benzene rings is 1. The summed E-state index contributed by atoms with van der Waals surface area (Å²) in [4.78, 5) is 14.2. The van der Waals surface area contributed by atoms with Crippen LogP contribution in [0.15, 0.2) is 18.2 Å². The topological polar surface area (TPSA) is 64.8 Å². The van der Waals surface area contributed by atoms with E-state index < -0.39 is 0 Å². The molecule has 1 aliphatic heterocycles. The molecule has 2 N–H and O–H groups in total. The van der Waals surface area contributed by atoms with Crippen LogP contribution in [0.4, 0.5) is 0 Å². The van der Waals surface area contributed by atoms with Crippen molar-refractivity contribution in [2.24, 2.45) is 11.7 Å². The molecule has 1 aliphatic rings. The average molecular weight is 264 g/mol. The Balaban J connectivity index is 2.13. The van der Waals surface area contributed by atoms with E-state index in [1.165, 1.54) is 0 Å². The predicted octanol–water partition coefficient (Wildman–Crippen LogP) is 1.47. The molecule has 0 saturated carbocycles. The quantitative estimate of drug-likeness (QED) is 0.874. The first-order valence-electron chi connectivity index (χ1n) is 6.54. The van der Waals surface area contributed by atoms with E-state index in [1.807, 2.05) is 13.8 Å². The van der Waals surface area contributed by atoms with Gasteiger partial charge in [0.05, 0.1) is 0 Å². The molecule has 5 heteroatoms. The van der Waals surface area contributed by atoms with Crippen molar-refractivity contribution in [1.82, 2.24) is 4.90 Å². The van der Waals surface area contributed by atoms with Crippen LogP contribution in [0, 0.1) is 5.92 Å². The number of hydrogen-bond acceptors (Lipinski definition) is 4. The summed E-state index contributed by atoms with van der Waals surface area (Å²) in [7, 11) is 0. The van der Waals surface area contributed by atoms with Crippen molar-refractivity contribution >= 4 is 5.91 Å². The molecule has 0 aliphatic carbocycles. The monoisotopic (exact) mass is 264 g/mol. The molecular formula is C14H20N2O3. The first kappa shape index (κ1) is 13.7. The maximum atomic E-state index is 12.4. The zero-order valence-corrected chi connectivity index (χ0v) is 11.4. The van der Waals surface area contributed by atoms with E-state index in [0.717, 1.165) is 0 Å². The molecule has 1 aromatic rings. The van der Waals surface area contributed by atoms with Gasteiger partial charge in [-0.15, -0.1) is 0 Å². The molecule has 0 bridgehead atoms. The van der Waals surface area contributed by atoms with Crippen LogP contribution < -0.4 is 15.2 Å². The standard InChI is InChI=1S/C14H20N2O3/c1-3-16(8-10(2)7-15)14(17)11-4-5-12-13(6-11)19-9-18-12/h4-6,10H,3,7-9,15H2,1-2H3. The minimum atomic E-state index is 0.00102. The third-order valence-electron chi connectivity index (χ3n) is 3.22. The van der Waals surface area contributed by atoms with Gasteiger partial charge in [0.25, 0.3) is 5.91 Å². The fourth-order valence-electron chi connectivity index (χ4n) is 2.02. The van der Waals surface area contributed by atoms with E-state index >= 15 is 0 Å². The summed E-state index contributed by atoms with van der Waals surface area (Å²) < 4.78 is 10.5. The molecule has 19 heavy (non-hydrogen) atoms. The fraction of sp³-hybridized carbons (Fsp3) is 0.500. The van der Waals surface area contributed by atoms with Gasteiger partial charge in [0.2, 0.25) is 6.79 Å². The van der Waals surface area contributed by atoms with Gasteiger partial charge in [-0.2, -0.15) is 0 Å². The van der Waals surface area contributed by atoms with E-state index in [2.05, 4.69) is 0 Å². The van der Waals surface area contributed by atoms with E-state index in [1.54, 1.807) is 23.1 Å². The summed E-state index contributed by atoms with van der Waals surface area (Å²) in [6.07, 6.45) is 0. The van der Waals surface area contributed by atoms with Crippen LogP contribution in [-0.4, -0.2) is 37.2 Å². The Morgan fingerprint density at radius 2 is 2.16 bits per heavy atom. The third-order valence-corrected chi connectivity index (χ3v) is 3.22. The van der Waals surface area contributed by atoms with Crippen molar-refractivity contribution in [3.63, 3.8) is 0 Å². The van der Waals surface area contributed by atoms with Crippen molar-refractivity contribution < 1.29 is 14.3 Å². The van der Waals surface area contributed by atoms with Crippen LogP contribution in [-0.2, 0) is 0 Å². The van der Waals surface area contributed by atoms with Crippen molar-refractivity contribution in [2.45, 2.75) is 13.8 Å². The number of ether oxygens (including phenoxy) is 2. The largest absolute Gasteiger partial charge is 0.454 e. The molecule has 1 aromatic carbocycles. The lowest BCUT2D eigenvalue weighted by Gasteiger charge is -2.24. The first-order chi connectivity index (χ1) is 9.15. The molecule has 1 unspecified atom stereocenters. The highest BCUT2D eigenvalue weighted by Gasteiger charge is 2.20. The molecular weight excluding hydrogens is 244 g/mol. The predicted molar refractivity (Wildman–Crippen MR) is 72.4 cm³/mol. The van der Waals surface area contributed by atoms with E-state index in [9.17, 15) is 4.79 Å². The molecule has 2 rings (SSSR count). The first-order valence-corrected chi connectivity index (χ1v) is 6.54. The number of rotatable bonds is 5. The van der Waals surface area contributed by atoms with Crippen LogP contribution in [0.5, 0.6) is 11.5 Å². The summed E-state index contributed by atoms with van der Waals surface area (Å²) in [5.74, 6) is 1.61. The molecule has 0 spiro atoms. The van der Waals surface area contributed by atoms with Crippen LogP contribution in [0.25, 0.3) is 0 Å². The van der Waals surface area contributed by atoms with Gasteiger partial charge in [-0.25, -0.2) is 0 Å². The van der Waals surface area contributed by atoms with Crippen molar-refractivity contribution in [2.75, 3.05) is 26.4 Å². The number of carbonyl (C=O) groups excluding carboxylic acids is 1. The summed E-state index contributed by atoms with van der Waals surface area (Å²) in [6.45, 7) is 6.13. The third kappa shape index (κ3) is 2.98. The molecule has 1 atom stereocenters. The Morgan fingerprint density at radius 3 is 2.84 bits per heavy atom. The highest BCUT2D eigenvalue weighted by molar-refractivity contribution is 5.95. The van der Waals surface area contributed by atoms with Crippen LogP contribution in [0.3, 0.4) is 0 Å². The molecule has 0 fully saturated rings. The lowest BCUT2D eigenvalue weighted by atomic mass is 10.1. The molecule has 1 heterocycles. The summed E-state index contributed by atoms with van der Waals surface area (Å²) in [6, 6.07) is 5.28. The SMILES string of the molecule is CCN(CC(C)CN)C(=O)c1ccc2c(c1)OCO2. The van der Waals surface area contributed by atoms with Gasteiger partial charge in [0, 0.05) is 18.7 Å². The number of nitrogens with zero attached hydrogens (tertiary/aromatic N) is 1. The second-order valence-corrected chi connectivity index (χ2v) is 4.75. The molecule has 0 aromatic heterocycles. The molecule has 0 radical (unpaired) electrons. The summed E-state index contributed by atoms with van der Waals surface area (Å²) in [5.41, 5.74) is 6.23. The van der Waals surface area contributed by atoms with Gasteiger partial charge in [-0.1, -0.05) is 6.92 Å². The van der Waals surface area contributed by atoms with Crippen molar-refractivity contribution in [3.05, 3.63) is 23.8 Å². The lowest BCUT2D eigenvalue weighted by molar-refractivity contribution is 0.0743. The Kier molecular flexibility index (Phi) is 4.27. The van der Waals surface area contributed by atoms with Crippen molar-refractivity contribution in [3.8, 4) is 11.5 Å². The zero-order valence-electron chi connectivity index (χ0n) is 11.4. The number of amides is 1. The maximum absolute atomic E-state index is 12.4. The van der Waals surface area contributed by atoms with Crippen molar-refractivity contribution in [1.29, 1.82) is 0 Å². The smallest absolute Gasteiger partial charge is 0.253 e. The Bertz CT molecular complexity index is 462. The molecule has 0 saturated heterocycles. The van der Waals surface area contributed by atoms with Gasteiger partial charge in [-0.3, -0.25) is 4.79 Å².